The predicted molar refractivity (Wildman–Crippen MR) is 95.2 cm³/mol. The quantitative estimate of drug-likeness (QED) is 0.774. The summed E-state index contributed by atoms with van der Waals surface area (Å²) in [5, 5.41) is 0. The maximum atomic E-state index is 12.9. The van der Waals surface area contributed by atoms with E-state index in [0.717, 1.165) is 31.4 Å². The number of fused-ring (bicyclic) bond motifs is 2. The number of nitrogens with zero attached hydrogens (tertiary/aromatic N) is 2. The molecule has 1 amide bonds. The number of pyridine rings is 1. The Hall–Kier alpha value is -1.30. The number of piperidine rings is 1. The number of aromatic nitrogens is 1. The first-order valence-corrected chi connectivity index (χ1v) is 9.53. The molecule has 4 heterocycles. The lowest BCUT2D eigenvalue weighted by atomic mass is 9.98. The van der Waals surface area contributed by atoms with Gasteiger partial charge in [0.25, 0.3) is 5.91 Å². The van der Waals surface area contributed by atoms with E-state index in [9.17, 15) is 4.79 Å². The van der Waals surface area contributed by atoms with E-state index in [1.54, 1.807) is 18.5 Å². The average molecular weight is 383 g/mol. The molecule has 2 aromatic heterocycles. The summed E-state index contributed by atoms with van der Waals surface area (Å²) in [6, 6.07) is 5.82. The van der Waals surface area contributed by atoms with Crippen LogP contribution >= 0.6 is 34.5 Å². The second-order valence-electron chi connectivity index (χ2n) is 6.23. The van der Waals surface area contributed by atoms with E-state index in [2.05, 4.69) is 4.98 Å². The standard InChI is InChI=1S/C17H16Cl2N2O2S/c18-15-9-14(16(19)24-15)17(22)21-10-1-2-11(21)8-13(7-10)23-12-3-5-20-6-4-12/h3-6,9-11,13H,1-2,7-8H2. The van der Waals surface area contributed by atoms with E-state index < -0.39 is 0 Å². The first-order valence-electron chi connectivity index (χ1n) is 7.96. The Bertz CT molecular complexity index is 738. The Morgan fingerprint density at radius 1 is 1.21 bits per heavy atom. The van der Waals surface area contributed by atoms with Crippen LogP contribution in [0.4, 0.5) is 0 Å². The fourth-order valence-electron chi connectivity index (χ4n) is 3.79. The van der Waals surface area contributed by atoms with E-state index in [1.807, 2.05) is 17.0 Å². The van der Waals surface area contributed by atoms with Crippen molar-refractivity contribution in [3.8, 4) is 5.75 Å². The molecule has 0 spiro atoms. The number of thiophene rings is 1. The molecule has 126 valence electrons. The van der Waals surface area contributed by atoms with Crippen LogP contribution in [0.25, 0.3) is 0 Å². The average Bonchev–Trinajstić information content (AvgIpc) is 3.04. The fourth-order valence-corrected chi connectivity index (χ4v) is 5.24. The van der Waals surface area contributed by atoms with Gasteiger partial charge in [0, 0.05) is 37.3 Å². The Morgan fingerprint density at radius 3 is 2.46 bits per heavy atom. The second-order valence-corrected chi connectivity index (χ2v) is 8.52. The number of halogens is 2. The first kappa shape index (κ1) is 16.2. The van der Waals surface area contributed by atoms with Gasteiger partial charge in [-0.05, 0) is 31.0 Å². The van der Waals surface area contributed by atoms with E-state index in [4.69, 9.17) is 27.9 Å². The highest BCUT2D eigenvalue weighted by atomic mass is 35.5. The van der Waals surface area contributed by atoms with Crippen LogP contribution in [0.3, 0.4) is 0 Å². The number of rotatable bonds is 3. The number of hydrogen-bond donors (Lipinski definition) is 0. The monoisotopic (exact) mass is 382 g/mol. The molecular formula is C17H16Cl2N2O2S. The highest BCUT2D eigenvalue weighted by molar-refractivity contribution is 7.20. The molecule has 0 radical (unpaired) electrons. The lowest BCUT2D eigenvalue weighted by molar-refractivity contribution is 0.0359. The van der Waals surface area contributed by atoms with Crippen molar-refractivity contribution in [2.45, 2.75) is 43.9 Å². The zero-order valence-electron chi connectivity index (χ0n) is 12.8. The van der Waals surface area contributed by atoms with Crippen LogP contribution in [0, 0.1) is 0 Å². The molecule has 2 aliphatic heterocycles. The topological polar surface area (TPSA) is 42.4 Å². The maximum absolute atomic E-state index is 12.9. The van der Waals surface area contributed by atoms with Gasteiger partial charge in [0.05, 0.1) is 9.90 Å². The molecule has 2 fully saturated rings. The highest BCUT2D eigenvalue weighted by Gasteiger charge is 2.44. The summed E-state index contributed by atoms with van der Waals surface area (Å²) in [7, 11) is 0. The van der Waals surface area contributed by atoms with Crippen molar-refractivity contribution < 1.29 is 9.53 Å². The molecule has 2 saturated heterocycles. The fraction of sp³-hybridized carbons (Fsp3) is 0.412. The van der Waals surface area contributed by atoms with E-state index in [0.29, 0.717) is 14.2 Å². The number of carbonyl (C=O) groups is 1. The first-order chi connectivity index (χ1) is 11.6. The predicted octanol–water partition coefficient (Wildman–Crippen LogP) is 4.66. The number of carbonyl (C=O) groups excluding carboxylic acids is 1. The lowest BCUT2D eigenvalue weighted by Gasteiger charge is -2.38. The second kappa shape index (κ2) is 6.54. The maximum Gasteiger partial charge on any atom is 0.256 e. The minimum Gasteiger partial charge on any atom is -0.490 e. The third-order valence-corrected chi connectivity index (χ3v) is 6.25. The molecule has 2 unspecified atom stereocenters. The molecule has 0 N–H and O–H groups in total. The van der Waals surface area contributed by atoms with Gasteiger partial charge in [0.15, 0.2) is 0 Å². The molecule has 24 heavy (non-hydrogen) atoms. The molecule has 0 aromatic carbocycles. The summed E-state index contributed by atoms with van der Waals surface area (Å²) < 4.78 is 7.09. The van der Waals surface area contributed by atoms with Crippen molar-refractivity contribution in [2.24, 2.45) is 0 Å². The van der Waals surface area contributed by atoms with Gasteiger partial charge in [0.1, 0.15) is 16.2 Å². The summed E-state index contributed by atoms with van der Waals surface area (Å²) in [6.45, 7) is 0. The van der Waals surface area contributed by atoms with Crippen molar-refractivity contribution in [2.75, 3.05) is 0 Å². The largest absolute Gasteiger partial charge is 0.490 e. The molecule has 2 bridgehead atoms. The van der Waals surface area contributed by atoms with E-state index in [1.165, 1.54) is 11.3 Å². The number of hydrogen-bond acceptors (Lipinski definition) is 4. The summed E-state index contributed by atoms with van der Waals surface area (Å²) in [5.74, 6) is 0.833. The Morgan fingerprint density at radius 2 is 1.88 bits per heavy atom. The van der Waals surface area contributed by atoms with Crippen LogP contribution in [0.15, 0.2) is 30.6 Å². The van der Waals surface area contributed by atoms with Gasteiger partial charge in [0.2, 0.25) is 0 Å². The molecule has 2 atom stereocenters. The minimum absolute atomic E-state index is 0.00184. The van der Waals surface area contributed by atoms with Crippen molar-refractivity contribution in [3.05, 3.63) is 44.8 Å². The SMILES string of the molecule is O=C(c1cc(Cl)sc1Cl)N1C2CCC1CC(Oc1ccncc1)C2. The van der Waals surface area contributed by atoms with Gasteiger partial charge < -0.3 is 9.64 Å². The van der Waals surface area contributed by atoms with Crippen molar-refractivity contribution in [1.29, 1.82) is 0 Å². The highest BCUT2D eigenvalue weighted by Crippen LogP contribution is 2.40. The van der Waals surface area contributed by atoms with E-state index >= 15 is 0 Å². The van der Waals surface area contributed by atoms with Crippen LogP contribution in [0.1, 0.15) is 36.0 Å². The van der Waals surface area contributed by atoms with Crippen LogP contribution in [0.2, 0.25) is 8.67 Å². The normalized spacial score (nSPS) is 25.8. The molecule has 0 saturated carbocycles. The zero-order chi connectivity index (χ0) is 16.7. The molecule has 7 heteroatoms. The molecule has 2 aromatic rings. The summed E-state index contributed by atoms with van der Waals surface area (Å²) in [4.78, 5) is 18.9. The van der Waals surface area contributed by atoms with Gasteiger partial charge >= 0.3 is 0 Å². The molecule has 2 aliphatic rings. The van der Waals surface area contributed by atoms with Crippen LogP contribution in [-0.4, -0.2) is 34.0 Å². The third-order valence-electron chi connectivity index (χ3n) is 4.76. The number of amides is 1. The van der Waals surface area contributed by atoms with Gasteiger partial charge in [-0.2, -0.15) is 0 Å². The van der Waals surface area contributed by atoms with Crippen LogP contribution in [-0.2, 0) is 0 Å². The molecule has 4 rings (SSSR count). The minimum atomic E-state index is -0.00184. The summed E-state index contributed by atoms with van der Waals surface area (Å²) >= 11 is 13.4. The van der Waals surface area contributed by atoms with Crippen molar-refractivity contribution in [1.82, 2.24) is 9.88 Å². The lowest BCUT2D eigenvalue weighted by Crippen LogP contribution is -2.49. The molecule has 0 aliphatic carbocycles. The van der Waals surface area contributed by atoms with Crippen LogP contribution < -0.4 is 4.74 Å². The zero-order valence-corrected chi connectivity index (χ0v) is 15.2. The van der Waals surface area contributed by atoms with Gasteiger partial charge in [-0.1, -0.05) is 23.2 Å². The smallest absolute Gasteiger partial charge is 0.256 e. The Labute approximate surface area is 154 Å². The molecular weight excluding hydrogens is 367 g/mol. The summed E-state index contributed by atoms with van der Waals surface area (Å²) in [5.41, 5.74) is 0.525. The summed E-state index contributed by atoms with van der Waals surface area (Å²) in [6.07, 6.45) is 7.32. The Balaban J connectivity index is 1.49. The van der Waals surface area contributed by atoms with E-state index in [-0.39, 0.29) is 24.1 Å². The third kappa shape index (κ3) is 3.01. The molecule has 4 nitrogen and oxygen atoms in total. The van der Waals surface area contributed by atoms with Crippen molar-refractivity contribution in [3.63, 3.8) is 0 Å². The van der Waals surface area contributed by atoms with Gasteiger partial charge in [-0.3, -0.25) is 9.78 Å². The Kier molecular flexibility index (Phi) is 4.41. The number of ether oxygens (including phenoxy) is 1. The van der Waals surface area contributed by atoms with Gasteiger partial charge in [-0.15, -0.1) is 11.3 Å². The van der Waals surface area contributed by atoms with Crippen LogP contribution in [0.5, 0.6) is 5.75 Å². The van der Waals surface area contributed by atoms with Gasteiger partial charge in [-0.25, -0.2) is 0 Å². The van der Waals surface area contributed by atoms with Crippen molar-refractivity contribution >= 4 is 40.4 Å².